The molecule has 3 aromatic rings. The summed E-state index contributed by atoms with van der Waals surface area (Å²) >= 11 is 0. The molecule has 0 aliphatic rings. The fourth-order valence-corrected chi connectivity index (χ4v) is 2.20. The normalized spacial score (nSPS) is 11.2. The molecule has 0 N–H and O–H groups in total. The minimum Gasteiger partial charge on any atom is -0.256 e. The highest BCUT2D eigenvalue weighted by molar-refractivity contribution is 5.97. The zero-order chi connectivity index (χ0) is 13.8. The van der Waals surface area contributed by atoms with E-state index in [2.05, 4.69) is 11.1 Å². The number of pyridine rings is 1. The number of aromatic nitrogens is 1. The summed E-state index contributed by atoms with van der Waals surface area (Å²) in [5, 5.41) is 10.4. The van der Waals surface area contributed by atoms with E-state index in [1.807, 2.05) is 66.7 Å². The number of nitrogens with zero attached hydrogens (tertiary/aromatic N) is 2. The van der Waals surface area contributed by atoms with Gasteiger partial charge in [-0.1, -0.05) is 48.5 Å². The number of hydrogen-bond donors (Lipinski definition) is 0. The van der Waals surface area contributed by atoms with Gasteiger partial charge in [-0.3, -0.25) is 4.98 Å². The second-order valence-electron chi connectivity index (χ2n) is 4.45. The molecule has 0 radical (unpaired) electrons. The van der Waals surface area contributed by atoms with Crippen molar-refractivity contribution in [2.75, 3.05) is 0 Å². The summed E-state index contributed by atoms with van der Waals surface area (Å²) in [5.74, 6) is 0. The minimum atomic E-state index is 0.655. The number of rotatable bonds is 2. The molecule has 1 aromatic heterocycles. The highest BCUT2D eigenvalue weighted by Gasteiger charge is 2.03. The molecule has 1 heterocycles. The summed E-state index contributed by atoms with van der Waals surface area (Å²) in [7, 11) is 0. The van der Waals surface area contributed by atoms with Gasteiger partial charge in [0.1, 0.15) is 0 Å². The van der Waals surface area contributed by atoms with Gasteiger partial charge in [-0.15, -0.1) is 0 Å². The topological polar surface area (TPSA) is 36.7 Å². The molecule has 0 saturated heterocycles. The molecule has 0 amide bonds. The maximum absolute atomic E-state index is 9.38. The minimum absolute atomic E-state index is 0.655. The zero-order valence-corrected chi connectivity index (χ0v) is 10.8. The lowest BCUT2D eigenvalue weighted by atomic mass is 10.0. The smallest absolute Gasteiger partial charge is 0.0998 e. The molecule has 0 aliphatic heterocycles. The van der Waals surface area contributed by atoms with Crippen LogP contribution in [0.2, 0.25) is 0 Å². The van der Waals surface area contributed by atoms with Crippen LogP contribution in [0.4, 0.5) is 0 Å². The van der Waals surface area contributed by atoms with Gasteiger partial charge in [-0.2, -0.15) is 5.26 Å². The van der Waals surface area contributed by atoms with Crippen molar-refractivity contribution in [3.63, 3.8) is 0 Å². The van der Waals surface area contributed by atoms with Gasteiger partial charge in [-0.25, -0.2) is 0 Å². The van der Waals surface area contributed by atoms with Gasteiger partial charge in [0, 0.05) is 11.6 Å². The highest BCUT2D eigenvalue weighted by Crippen LogP contribution is 2.22. The molecule has 2 aromatic carbocycles. The number of para-hydroxylation sites is 1. The van der Waals surface area contributed by atoms with E-state index in [4.69, 9.17) is 0 Å². The first kappa shape index (κ1) is 12.1. The Bertz CT molecular complexity index is 806. The molecular weight excluding hydrogens is 244 g/mol. The van der Waals surface area contributed by atoms with Gasteiger partial charge in [0.15, 0.2) is 0 Å². The van der Waals surface area contributed by atoms with Gasteiger partial charge in [0.2, 0.25) is 0 Å². The van der Waals surface area contributed by atoms with Gasteiger partial charge < -0.3 is 0 Å². The number of benzene rings is 2. The summed E-state index contributed by atoms with van der Waals surface area (Å²) in [6, 6.07) is 21.8. The summed E-state index contributed by atoms with van der Waals surface area (Å²) in [4.78, 5) is 4.34. The molecule has 0 fully saturated rings. The first-order valence-electron chi connectivity index (χ1n) is 6.39. The van der Waals surface area contributed by atoms with E-state index in [0.29, 0.717) is 5.57 Å². The first-order chi connectivity index (χ1) is 9.88. The predicted octanol–water partition coefficient (Wildman–Crippen LogP) is 4.30. The molecule has 20 heavy (non-hydrogen) atoms. The van der Waals surface area contributed by atoms with E-state index < -0.39 is 0 Å². The Morgan fingerprint density at radius 2 is 1.70 bits per heavy atom. The number of fused-ring (bicyclic) bond motifs is 1. The molecule has 2 heteroatoms. The van der Waals surface area contributed by atoms with Crippen molar-refractivity contribution in [2.24, 2.45) is 0 Å². The Hall–Kier alpha value is -2.92. The number of nitriles is 1. The Morgan fingerprint density at radius 1 is 0.950 bits per heavy atom. The molecule has 0 aliphatic carbocycles. The van der Waals surface area contributed by atoms with Crippen LogP contribution in [0.15, 0.2) is 66.9 Å². The molecule has 0 spiro atoms. The van der Waals surface area contributed by atoms with Crippen molar-refractivity contribution in [2.45, 2.75) is 0 Å². The lowest BCUT2D eigenvalue weighted by Gasteiger charge is -2.03. The third kappa shape index (κ3) is 2.30. The molecule has 0 atom stereocenters. The predicted molar refractivity (Wildman–Crippen MR) is 81.7 cm³/mol. The largest absolute Gasteiger partial charge is 0.256 e. The zero-order valence-electron chi connectivity index (χ0n) is 10.8. The van der Waals surface area contributed by atoms with Crippen LogP contribution in [-0.2, 0) is 0 Å². The summed E-state index contributed by atoms with van der Waals surface area (Å²) < 4.78 is 0. The molecule has 0 unspecified atom stereocenters. The lowest BCUT2D eigenvalue weighted by Crippen LogP contribution is -1.85. The molecule has 94 valence electrons. The van der Waals surface area contributed by atoms with Crippen LogP contribution in [0.1, 0.15) is 11.1 Å². The van der Waals surface area contributed by atoms with E-state index in [0.717, 1.165) is 22.0 Å². The second kappa shape index (κ2) is 5.38. The van der Waals surface area contributed by atoms with Crippen molar-refractivity contribution < 1.29 is 0 Å². The SMILES string of the molecule is N#C/C(=C\c1ccnc2ccccc12)c1ccccc1. The summed E-state index contributed by atoms with van der Waals surface area (Å²) in [6.45, 7) is 0. The Morgan fingerprint density at radius 3 is 2.50 bits per heavy atom. The third-order valence-corrected chi connectivity index (χ3v) is 3.19. The van der Waals surface area contributed by atoms with Crippen LogP contribution in [-0.4, -0.2) is 4.98 Å². The average molecular weight is 256 g/mol. The van der Waals surface area contributed by atoms with Crippen LogP contribution >= 0.6 is 0 Å². The molecule has 2 nitrogen and oxygen atoms in total. The van der Waals surface area contributed by atoms with Crippen LogP contribution < -0.4 is 0 Å². The van der Waals surface area contributed by atoms with Gasteiger partial charge in [0.25, 0.3) is 0 Å². The van der Waals surface area contributed by atoms with Gasteiger partial charge in [0.05, 0.1) is 17.2 Å². The van der Waals surface area contributed by atoms with E-state index in [1.165, 1.54) is 0 Å². The summed E-state index contributed by atoms with van der Waals surface area (Å²) in [6.07, 6.45) is 3.69. The monoisotopic (exact) mass is 256 g/mol. The van der Waals surface area contributed by atoms with Crippen LogP contribution in [0.25, 0.3) is 22.6 Å². The Labute approximate surface area is 117 Å². The van der Waals surface area contributed by atoms with Gasteiger partial charge >= 0.3 is 0 Å². The number of hydrogen-bond acceptors (Lipinski definition) is 2. The molecule has 0 bridgehead atoms. The van der Waals surface area contributed by atoms with Crippen molar-refractivity contribution in [1.82, 2.24) is 4.98 Å². The maximum atomic E-state index is 9.38. The Balaban J connectivity index is 2.16. The molecule has 0 saturated carbocycles. The quantitative estimate of drug-likeness (QED) is 0.641. The third-order valence-electron chi connectivity index (χ3n) is 3.19. The van der Waals surface area contributed by atoms with Crippen molar-refractivity contribution >= 4 is 22.6 Å². The maximum Gasteiger partial charge on any atom is 0.0998 e. The van der Waals surface area contributed by atoms with E-state index in [1.54, 1.807) is 6.20 Å². The van der Waals surface area contributed by atoms with E-state index >= 15 is 0 Å². The number of allylic oxidation sites excluding steroid dienone is 1. The van der Waals surface area contributed by atoms with Crippen molar-refractivity contribution in [3.8, 4) is 6.07 Å². The molecule has 3 rings (SSSR count). The molecular formula is C18H12N2. The van der Waals surface area contributed by atoms with Crippen LogP contribution in [0.5, 0.6) is 0 Å². The van der Waals surface area contributed by atoms with E-state index in [-0.39, 0.29) is 0 Å². The average Bonchev–Trinajstić information content (AvgIpc) is 2.53. The summed E-state index contributed by atoms with van der Waals surface area (Å²) in [5.41, 5.74) is 3.53. The van der Waals surface area contributed by atoms with Crippen molar-refractivity contribution in [3.05, 3.63) is 78.0 Å². The standard InChI is InChI=1S/C18H12N2/c19-13-16(14-6-2-1-3-7-14)12-15-10-11-20-18-9-5-4-8-17(15)18/h1-12H/b16-12+. The first-order valence-corrected chi connectivity index (χ1v) is 6.39. The van der Waals surface area contributed by atoms with Crippen LogP contribution in [0.3, 0.4) is 0 Å². The van der Waals surface area contributed by atoms with Crippen molar-refractivity contribution in [1.29, 1.82) is 5.26 Å². The van der Waals surface area contributed by atoms with Crippen LogP contribution in [0, 0.1) is 11.3 Å². The lowest BCUT2D eigenvalue weighted by molar-refractivity contribution is 1.41. The second-order valence-corrected chi connectivity index (χ2v) is 4.45. The highest BCUT2D eigenvalue weighted by atomic mass is 14.6. The van der Waals surface area contributed by atoms with E-state index in [9.17, 15) is 5.26 Å². The Kier molecular flexibility index (Phi) is 3.26. The fourth-order valence-electron chi connectivity index (χ4n) is 2.20. The van der Waals surface area contributed by atoms with Gasteiger partial charge in [-0.05, 0) is 29.3 Å². The fraction of sp³-hybridized carbons (Fsp3) is 0.